The molecular weight excluding hydrogens is 404 g/mol. The van der Waals surface area contributed by atoms with E-state index in [1.807, 2.05) is 26.0 Å². The lowest BCUT2D eigenvalue weighted by Crippen LogP contribution is -2.36. The zero-order valence-electron chi connectivity index (χ0n) is 16.7. The minimum atomic E-state index is -0.808. The zero-order valence-corrected chi connectivity index (χ0v) is 17.5. The van der Waals surface area contributed by atoms with Crippen LogP contribution in [0, 0.1) is 13.8 Å². The number of rotatable bonds is 6. The predicted molar refractivity (Wildman–Crippen MR) is 112 cm³/mol. The summed E-state index contributed by atoms with van der Waals surface area (Å²) in [6, 6.07) is 9.81. The van der Waals surface area contributed by atoms with Crippen LogP contribution in [0.25, 0.3) is 21.9 Å². The van der Waals surface area contributed by atoms with Crippen LogP contribution >= 0.6 is 11.3 Å². The quantitative estimate of drug-likeness (QED) is 0.506. The molecule has 1 amide bonds. The molecule has 154 valence electrons. The molecule has 30 heavy (non-hydrogen) atoms. The lowest BCUT2D eigenvalue weighted by Gasteiger charge is -2.15. The highest BCUT2D eigenvalue weighted by atomic mass is 32.1. The maximum Gasteiger partial charge on any atom is 0.268 e. The van der Waals surface area contributed by atoms with Crippen LogP contribution in [0.4, 0.5) is 0 Å². The summed E-state index contributed by atoms with van der Waals surface area (Å²) in [4.78, 5) is 27.4. The highest BCUT2D eigenvalue weighted by molar-refractivity contribution is 7.15. The van der Waals surface area contributed by atoms with Crippen LogP contribution in [0.2, 0.25) is 0 Å². The topological polar surface area (TPSA) is 103 Å². The Balaban J connectivity index is 1.71. The molecule has 0 aromatic carbocycles. The van der Waals surface area contributed by atoms with Gasteiger partial charge in [-0.25, -0.2) is 4.68 Å². The number of nitrogens with zero attached hydrogens (tertiary/aromatic N) is 3. The fourth-order valence-corrected chi connectivity index (χ4v) is 3.88. The van der Waals surface area contributed by atoms with Crippen molar-refractivity contribution in [3.8, 4) is 21.9 Å². The van der Waals surface area contributed by atoms with Gasteiger partial charge in [-0.2, -0.15) is 5.10 Å². The number of aryl methyl sites for hydroxylation is 2. The van der Waals surface area contributed by atoms with Gasteiger partial charge >= 0.3 is 0 Å². The van der Waals surface area contributed by atoms with Gasteiger partial charge in [0.25, 0.3) is 5.56 Å². The molecule has 0 bridgehead atoms. The molecule has 0 saturated carbocycles. The van der Waals surface area contributed by atoms with Gasteiger partial charge in [0.15, 0.2) is 5.76 Å². The first-order valence-corrected chi connectivity index (χ1v) is 10.2. The van der Waals surface area contributed by atoms with Crippen LogP contribution in [-0.4, -0.2) is 20.8 Å². The highest BCUT2D eigenvalue weighted by Gasteiger charge is 2.22. The average molecular weight is 424 g/mol. The third-order valence-electron chi connectivity index (χ3n) is 4.59. The molecule has 0 fully saturated rings. The summed E-state index contributed by atoms with van der Waals surface area (Å²) in [5, 5.41) is 11.2. The van der Waals surface area contributed by atoms with E-state index in [1.165, 1.54) is 17.0 Å². The van der Waals surface area contributed by atoms with Crippen LogP contribution in [0.3, 0.4) is 0 Å². The number of carbonyl (C=O) groups excluding carboxylic acids is 1. The number of carbonyl (C=O) groups is 1. The van der Waals surface area contributed by atoms with E-state index < -0.39 is 11.6 Å². The summed E-state index contributed by atoms with van der Waals surface area (Å²) in [7, 11) is 0. The molecule has 8 nitrogen and oxygen atoms in total. The van der Waals surface area contributed by atoms with Gasteiger partial charge in [-0.3, -0.25) is 9.59 Å². The third kappa shape index (κ3) is 3.97. The van der Waals surface area contributed by atoms with Crippen molar-refractivity contribution in [2.24, 2.45) is 0 Å². The molecule has 0 spiro atoms. The molecule has 4 heterocycles. The van der Waals surface area contributed by atoms with Crippen LogP contribution in [-0.2, 0) is 11.3 Å². The van der Waals surface area contributed by atoms with Gasteiger partial charge in [0.1, 0.15) is 17.5 Å². The Morgan fingerprint density at radius 3 is 2.73 bits per heavy atom. The minimum Gasteiger partial charge on any atom is -0.467 e. The number of nitrogens with one attached hydrogen (secondary N) is 1. The van der Waals surface area contributed by atoms with Crippen LogP contribution in [0.15, 0.2) is 56.4 Å². The highest BCUT2D eigenvalue weighted by Crippen LogP contribution is 2.34. The number of aromatic nitrogens is 3. The Bertz CT molecular complexity index is 1240. The zero-order chi connectivity index (χ0) is 21.3. The van der Waals surface area contributed by atoms with E-state index in [4.69, 9.17) is 8.94 Å². The second-order valence-corrected chi connectivity index (χ2v) is 8.19. The monoisotopic (exact) mass is 424 g/mol. The molecule has 0 aliphatic heterocycles. The number of amides is 1. The SMILES string of the molecule is Cc1cc(-c2cc(=O)n(C(C)C(=O)NCc3ccco3)nc2-c2ccc(C)s2)on1. The van der Waals surface area contributed by atoms with Gasteiger partial charge < -0.3 is 14.3 Å². The molecule has 1 atom stereocenters. The number of hydrogen-bond donors (Lipinski definition) is 1. The van der Waals surface area contributed by atoms with E-state index in [0.717, 1.165) is 9.75 Å². The van der Waals surface area contributed by atoms with Gasteiger partial charge in [-0.15, -0.1) is 11.3 Å². The van der Waals surface area contributed by atoms with E-state index in [9.17, 15) is 9.59 Å². The van der Waals surface area contributed by atoms with Crippen LogP contribution < -0.4 is 10.9 Å². The summed E-state index contributed by atoms with van der Waals surface area (Å²) in [5.74, 6) is 0.749. The van der Waals surface area contributed by atoms with Crippen molar-refractivity contribution in [3.63, 3.8) is 0 Å². The first-order valence-electron chi connectivity index (χ1n) is 9.37. The van der Waals surface area contributed by atoms with Crippen molar-refractivity contribution in [2.75, 3.05) is 0 Å². The third-order valence-corrected chi connectivity index (χ3v) is 5.59. The summed E-state index contributed by atoms with van der Waals surface area (Å²) in [6.45, 7) is 5.67. The van der Waals surface area contributed by atoms with Crippen molar-refractivity contribution in [1.82, 2.24) is 20.3 Å². The normalized spacial score (nSPS) is 12.1. The molecule has 0 aliphatic carbocycles. The molecule has 4 rings (SSSR count). The molecular formula is C21H20N4O4S. The first-order chi connectivity index (χ1) is 14.4. The number of thiophene rings is 1. The average Bonchev–Trinajstić information content (AvgIpc) is 3.48. The Kier molecular flexibility index (Phi) is 5.37. The first kappa shape index (κ1) is 19.8. The van der Waals surface area contributed by atoms with Gasteiger partial charge in [0.2, 0.25) is 5.91 Å². The van der Waals surface area contributed by atoms with E-state index >= 15 is 0 Å². The van der Waals surface area contributed by atoms with E-state index in [0.29, 0.717) is 28.5 Å². The van der Waals surface area contributed by atoms with Crippen molar-refractivity contribution in [3.05, 3.63) is 69.3 Å². The van der Waals surface area contributed by atoms with Crippen molar-refractivity contribution < 1.29 is 13.7 Å². The second-order valence-electron chi connectivity index (χ2n) is 6.91. The Labute approximate surface area is 176 Å². The smallest absolute Gasteiger partial charge is 0.268 e. The van der Waals surface area contributed by atoms with E-state index in [-0.39, 0.29) is 12.5 Å². The largest absolute Gasteiger partial charge is 0.467 e. The van der Waals surface area contributed by atoms with Gasteiger partial charge in [-0.1, -0.05) is 5.16 Å². The van der Waals surface area contributed by atoms with Gasteiger partial charge in [0, 0.05) is 17.0 Å². The second kappa shape index (κ2) is 8.11. The summed E-state index contributed by atoms with van der Waals surface area (Å²) < 4.78 is 11.8. The van der Waals surface area contributed by atoms with Crippen molar-refractivity contribution in [1.29, 1.82) is 0 Å². The molecule has 0 radical (unpaired) electrons. The fraction of sp³-hybridized carbons (Fsp3) is 0.238. The molecule has 9 heteroatoms. The Hall–Kier alpha value is -3.46. The molecule has 4 aromatic rings. The molecule has 1 N–H and O–H groups in total. The van der Waals surface area contributed by atoms with Crippen LogP contribution in [0.5, 0.6) is 0 Å². The summed E-state index contributed by atoms with van der Waals surface area (Å²) in [5.41, 5.74) is 1.40. The standard InChI is InChI=1S/C21H20N4O4S/c1-12-9-17(29-24-12)16-10-19(26)25(23-20(16)18-7-6-13(2)30-18)14(3)21(27)22-11-15-5-4-8-28-15/h4-10,14H,11H2,1-3H3,(H,22,27). The molecule has 0 aliphatic rings. The summed E-state index contributed by atoms with van der Waals surface area (Å²) >= 11 is 1.55. The Morgan fingerprint density at radius 2 is 2.10 bits per heavy atom. The van der Waals surface area contributed by atoms with Gasteiger partial charge in [-0.05, 0) is 45.0 Å². The van der Waals surface area contributed by atoms with Crippen LogP contribution in [0.1, 0.15) is 29.3 Å². The maximum absolute atomic E-state index is 12.8. The lowest BCUT2D eigenvalue weighted by molar-refractivity contribution is -0.124. The maximum atomic E-state index is 12.8. The predicted octanol–water partition coefficient (Wildman–Crippen LogP) is 3.71. The number of furan rings is 1. The fourth-order valence-electron chi connectivity index (χ4n) is 3.01. The molecule has 4 aromatic heterocycles. The number of hydrogen-bond acceptors (Lipinski definition) is 7. The summed E-state index contributed by atoms with van der Waals surface area (Å²) in [6.07, 6.45) is 1.54. The van der Waals surface area contributed by atoms with E-state index in [1.54, 1.807) is 36.5 Å². The minimum absolute atomic E-state index is 0.233. The molecule has 0 saturated heterocycles. The lowest BCUT2D eigenvalue weighted by atomic mass is 10.1. The van der Waals surface area contributed by atoms with Crippen molar-refractivity contribution >= 4 is 17.2 Å². The van der Waals surface area contributed by atoms with Gasteiger partial charge in [0.05, 0.1) is 28.9 Å². The Morgan fingerprint density at radius 1 is 1.27 bits per heavy atom. The molecule has 1 unspecified atom stereocenters. The van der Waals surface area contributed by atoms with Crippen molar-refractivity contribution in [2.45, 2.75) is 33.4 Å². The van der Waals surface area contributed by atoms with E-state index in [2.05, 4.69) is 15.6 Å².